The molecule has 0 fully saturated rings. The van der Waals surface area contributed by atoms with Crippen LogP contribution in [0.3, 0.4) is 0 Å². The normalized spacial score (nSPS) is 14.0. The number of aryl methyl sites for hydroxylation is 1. The molecule has 0 atom stereocenters. The molecule has 0 spiro atoms. The maximum atomic E-state index is 4.46. The number of benzene rings is 2. The first kappa shape index (κ1) is 15.4. The average Bonchev–Trinajstić information content (AvgIpc) is 2.61. The number of fused-ring (bicyclic) bond motifs is 1. The lowest BCUT2D eigenvalue weighted by Gasteiger charge is -2.25. The number of hydrogen-bond acceptors (Lipinski definition) is 1. The average molecular weight is 301 g/mol. The molecule has 1 aliphatic rings. The second-order valence-electron chi connectivity index (χ2n) is 5.83. The van der Waals surface area contributed by atoms with Gasteiger partial charge in [-0.25, -0.2) is 0 Å². The van der Waals surface area contributed by atoms with Crippen LogP contribution in [0.25, 0.3) is 17.2 Å². The number of rotatable bonds is 4. The van der Waals surface area contributed by atoms with Crippen LogP contribution in [0.5, 0.6) is 0 Å². The fourth-order valence-corrected chi connectivity index (χ4v) is 3.36. The van der Waals surface area contributed by atoms with Crippen molar-refractivity contribution in [1.29, 1.82) is 0 Å². The lowest BCUT2D eigenvalue weighted by atomic mass is 9.82. The van der Waals surface area contributed by atoms with Gasteiger partial charge in [0.1, 0.15) is 0 Å². The van der Waals surface area contributed by atoms with Gasteiger partial charge in [-0.2, -0.15) is 0 Å². The number of hydrogen-bond donors (Lipinski definition) is 1. The molecule has 1 nitrogen and oxygen atoms in total. The molecule has 23 heavy (non-hydrogen) atoms. The summed E-state index contributed by atoms with van der Waals surface area (Å²) in [6.07, 6.45) is 6.34. The lowest BCUT2D eigenvalue weighted by Crippen LogP contribution is -2.15. The van der Waals surface area contributed by atoms with Crippen LogP contribution in [0.1, 0.15) is 35.6 Å². The van der Waals surface area contributed by atoms with E-state index in [1.807, 2.05) is 14.0 Å². The van der Waals surface area contributed by atoms with Crippen molar-refractivity contribution in [1.82, 2.24) is 5.32 Å². The Hall–Kier alpha value is -2.54. The Bertz CT molecular complexity index is 793. The Balaban J connectivity index is 2.16. The predicted octanol–water partition coefficient (Wildman–Crippen LogP) is 5.31. The topological polar surface area (TPSA) is 12.0 Å². The zero-order valence-electron chi connectivity index (χ0n) is 13.9. The van der Waals surface area contributed by atoms with Crippen LogP contribution < -0.4 is 5.32 Å². The molecule has 2 aromatic carbocycles. The molecule has 3 rings (SSSR count). The first-order chi connectivity index (χ1) is 11.3. The molecule has 0 heterocycles. The van der Waals surface area contributed by atoms with Crippen molar-refractivity contribution in [3.05, 3.63) is 89.1 Å². The fourth-order valence-electron chi connectivity index (χ4n) is 3.36. The third-order valence-corrected chi connectivity index (χ3v) is 4.47. The summed E-state index contributed by atoms with van der Waals surface area (Å²) < 4.78 is 0. The first-order valence-electron chi connectivity index (χ1n) is 8.16. The van der Waals surface area contributed by atoms with Gasteiger partial charge in [-0.05, 0) is 47.6 Å². The molecule has 2 aromatic rings. The lowest BCUT2D eigenvalue weighted by molar-refractivity contribution is 0.824. The van der Waals surface area contributed by atoms with Gasteiger partial charge >= 0.3 is 0 Å². The van der Waals surface area contributed by atoms with Crippen molar-refractivity contribution < 1.29 is 0 Å². The molecule has 0 amide bonds. The molecular weight excluding hydrogens is 278 g/mol. The summed E-state index contributed by atoms with van der Waals surface area (Å²) in [5.74, 6) is 0. The Morgan fingerprint density at radius 2 is 1.78 bits per heavy atom. The van der Waals surface area contributed by atoms with Gasteiger partial charge in [0.05, 0.1) is 0 Å². The number of nitrogens with one attached hydrogen (secondary N) is 1. The zero-order chi connectivity index (χ0) is 16.2. The van der Waals surface area contributed by atoms with E-state index >= 15 is 0 Å². The third kappa shape index (κ3) is 2.87. The minimum Gasteiger partial charge on any atom is -0.391 e. The molecule has 0 saturated carbocycles. The minimum absolute atomic E-state index is 1.04. The van der Waals surface area contributed by atoms with Crippen molar-refractivity contribution in [3.8, 4) is 0 Å². The van der Waals surface area contributed by atoms with E-state index in [4.69, 9.17) is 0 Å². The maximum Gasteiger partial charge on any atom is 0.0193 e. The van der Waals surface area contributed by atoms with Crippen LogP contribution in [0.4, 0.5) is 0 Å². The molecule has 1 N–H and O–H groups in total. The van der Waals surface area contributed by atoms with E-state index in [9.17, 15) is 0 Å². The minimum atomic E-state index is 1.04. The highest BCUT2D eigenvalue weighted by atomic mass is 14.8. The van der Waals surface area contributed by atoms with Gasteiger partial charge in [-0.3, -0.25) is 0 Å². The summed E-state index contributed by atoms with van der Waals surface area (Å²) in [4.78, 5) is 0. The molecule has 0 radical (unpaired) electrons. The molecule has 1 heteroatoms. The van der Waals surface area contributed by atoms with Gasteiger partial charge < -0.3 is 5.32 Å². The van der Waals surface area contributed by atoms with Crippen LogP contribution in [-0.4, -0.2) is 7.05 Å². The van der Waals surface area contributed by atoms with E-state index in [1.54, 1.807) is 0 Å². The standard InChI is InChI=1S/C22H23N/c1-4-9-17-10-5-7-12-19(17)16(2)22-20-13-8-6-11-18(20)14-15-21(22)23-3/h4-13,23H,2,14-15H2,1,3H3/b9-4-. The van der Waals surface area contributed by atoms with Gasteiger partial charge in [0.15, 0.2) is 0 Å². The zero-order valence-corrected chi connectivity index (χ0v) is 13.9. The van der Waals surface area contributed by atoms with Crippen molar-refractivity contribution in [3.63, 3.8) is 0 Å². The van der Waals surface area contributed by atoms with Crippen molar-refractivity contribution in [2.24, 2.45) is 0 Å². The number of allylic oxidation sites excluding steroid dienone is 4. The summed E-state index contributed by atoms with van der Waals surface area (Å²) in [6, 6.07) is 17.2. The van der Waals surface area contributed by atoms with Crippen LogP contribution in [0.15, 0.2) is 66.9 Å². The quantitative estimate of drug-likeness (QED) is 0.807. The monoisotopic (exact) mass is 301 g/mol. The Morgan fingerprint density at radius 1 is 1.04 bits per heavy atom. The Kier molecular flexibility index (Phi) is 4.47. The van der Waals surface area contributed by atoms with Gasteiger partial charge in [0.25, 0.3) is 0 Å². The molecule has 0 unspecified atom stereocenters. The van der Waals surface area contributed by atoms with Crippen LogP contribution >= 0.6 is 0 Å². The SMILES string of the molecule is C=C(C1=C(NC)CCc2ccccc21)c1ccccc1/C=C\C. The van der Waals surface area contributed by atoms with Crippen LogP contribution in [-0.2, 0) is 6.42 Å². The summed E-state index contributed by atoms with van der Waals surface area (Å²) in [7, 11) is 2.01. The Morgan fingerprint density at radius 3 is 2.57 bits per heavy atom. The fraction of sp³-hybridized carbons (Fsp3) is 0.182. The Labute approximate surface area is 139 Å². The molecule has 0 bridgehead atoms. The van der Waals surface area contributed by atoms with E-state index in [0.717, 1.165) is 18.4 Å². The first-order valence-corrected chi connectivity index (χ1v) is 8.16. The van der Waals surface area contributed by atoms with Gasteiger partial charge in [-0.15, -0.1) is 0 Å². The van der Waals surface area contributed by atoms with Gasteiger partial charge in [0.2, 0.25) is 0 Å². The molecule has 116 valence electrons. The predicted molar refractivity (Wildman–Crippen MR) is 101 cm³/mol. The summed E-state index contributed by atoms with van der Waals surface area (Å²) in [5, 5.41) is 3.40. The highest BCUT2D eigenvalue weighted by Crippen LogP contribution is 2.39. The molecule has 0 aliphatic heterocycles. The summed E-state index contributed by atoms with van der Waals surface area (Å²) >= 11 is 0. The highest BCUT2D eigenvalue weighted by molar-refractivity contribution is 6.07. The van der Waals surface area contributed by atoms with E-state index in [0.29, 0.717) is 0 Å². The summed E-state index contributed by atoms with van der Waals surface area (Å²) in [6.45, 7) is 6.51. The second-order valence-corrected chi connectivity index (χ2v) is 5.83. The van der Waals surface area contributed by atoms with E-state index < -0.39 is 0 Å². The van der Waals surface area contributed by atoms with Gasteiger partial charge in [0, 0.05) is 18.3 Å². The second kappa shape index (κ2) is 6.70. The van der Waals surface area contributed by atoms with Crippen molar-refractivity contribution in [2.75, 3.05) is 7.05 Å². The van der Waals surface area contributed by atoms with E-state index in [1.165, 1.54) is 33.5 Å². The summed E-state index contributed by atoms with van der Waals surface area (Å²) in [5.41, 5.74) is 8.76. The molecule has 0 aromatic heterocycles. The smallest absolute Gasteiger partial charge is 0.0193 e. The molecular formula is C22H23N. The van der Waals surface area contributed by atoms with E-state index in [-0.39, 0.29) is 0 Å². The molecule has 1 aliphatic carbocycles. The highest BCUT2D eigenvalue weighted by Gasteiger charge is 2.21. The van der Waals surface area contributed by atoms with E-state index in [2.05, 4.69) is 72.6 Å². The van der Waals surface area contributed by atoms with Crippen molar-refractivity contribution >= 4 is 17.2 Å². The van der Waals surface area contributed by atoms with Crippen LogP contribution in [0.2, 0.25) is 0 Å². The van der Waals surface area contributed by atoms with Crippen LogP contribution in [0, 0.1) is 0 Å². The van der Waals surface area contributed by atoms with Gasteiger partial charge in [-0.1, -0.05) is 67.3 Å². The largest absolute Gasteiger partial charge is 0.391 e. The molecule has 0 saturated heterocycles. The third-order valence-electron chi connectivity index (χ3n) is 4.47. The van der Waals surface area contributed by atoms with Crippen molar-refractivity contribution in [2.45, 2.75) is 19.8 Å². The maximum absolute atomic E-state index is 4.46.